The van der Waals surface area contributed by atoms with Gasteiger partial charge in [-0.15, -0.1) is 10.2 Å². The van der Waals surface area contributed by atoms with Crippen molar-refractivity contribution >= 4 is 5.95 Å². The zero-order valence-corrected chi connectivity index (χ0v) is 16.0. The lowest BCUT2D eigenvalue weighted by atomic mass is 9.97. The summed E-state index contributed by atoms with van der Waals surface area (Å²) in [5.74, 6) is 0.462. The number of nitrogens with one attached hydrogen (secondary N) is 1. The summed E-state index contributed by atoms with van der Waals surface area (Å²) in [6, 6.07) is 5.28. The van der Waals surface area contributed by atoms with Crippen LogP contribution in [-0.4, -0.2) is 61.2 Å². The Morgan fingerprint density at radius 2 is 2.17 bits per heavy atom. The summed E-state index contributed by atoms with van der Waals surface area (Å²) in [6.07, 6.45) is 8.36. The molecule has 0 saturated carbocycles. The molecule has 1 aromatic carbocycles. The minimum atomic E-state index is -0.957. The van der Waals surface area contributed by atoms with Crippen LogP contribution in [0.2, 0.25) is 0 Å². The Labute approximate surface area is 167 Å². The number of alkyl halides is 1. The van der Waals surface area contributed by atoms with Gasteiger partial charge in [0.15, 0.2) is 0 Å². The van der Waals surface area contributed by atoms with Crippen LogP contribution in [0, 0.1) is 0 Å². The average Bonchev–Trinajstić information content (AvgIpc) is 3.41. The van der Waals surface area contributed by atoms with Gasteiger partial charge in [-0.1, -0.05) is 0 Å². The number of rotatable bonds is 4. The van der Waals surface area contributed by atoms with E-state index in [0.717, 1.165) is 24.9 Å². The zero-order chi connectivity index (χ0) is 20.0. The molecule has 2 bridgehead atoms. The summed E-state index contributed by atoms with van der Waals surface area (Å²) in [4.78, 5) is 10.2. The molecular formula is C20H22FN7O. The summed E-state index contributed by atoms with van der Waals surface area (Å²) in [5, 5.41) is 22.2. The molecule has 29 heavy (non-hydrogen) atoms. The normalized spacial score (nSPS) is 25.9. The molecule has 1 unspecified atom stereocenters. The van der Waals surface area contributed by atoms with E-state index in [1.54, 1.807) is 46.5 Å². The molecular weight excluding hydrogens is 373 g/mol. The first-order chi connectivity index (χ1) is 14.1. The van der Waals surface area contributed by atoms with E-state index in [9.17, 15) is 9.50 Å². The number of benzene rings is 1. The third-order valence-electron chi connectivity index (χ3n) is 5.98. The number of aromatic nitrogens is 5. The summed E-state index contributed by atoms with van der Waals surface area (Å²) in [7, 11) is 1.82. The molecule has 2 saturated heterocycles. The van der Waals surface area contributed by atoms with Crippen molar-refractivity contribution in [2.24, 2.45) is 0 Å². The standard InChI is InChI=1S/C20H22FN7O/c1-27(17-8-12-2-5-15(24-12)19(17)21)20-23-10-16(25-26-20)14-4-3-13(9-18(14)29)28-7-6-22-11-28/h3-4,6-7,9-12,15,17,19,24,29H,2,5,8H2,1H3/t12-,15?,17-,19+/m0/s1. The van der Waals surface area contributed by atoms with Gasteiger partial charge >= 0.3 is 0 Å². The highest BCUT2D eigenvalue weighted by atomic mass is 19.1. The Bertz CT molecular complexity index is 995. The van der Waals surface area contributed by atoms with Gasteiger partial charge in [-0.2, -0.15) is 0 Å². The van der Waals surface area contributed by atoms with E-state index in [1.807, 2.05) is 13.1 Å². The van der Waals surface area contributed by atoms with E-state index in [0.29, 0.717) is 23.2 Å². The van der Waals surface area contributed by atoms with Crippen LogP contribution in [0.15, 0.2) is 43.1 Å². The molecule has 2 aliphatic heterocycles. The van der Waals surface area contributed by atoms with Gasteiger partial charge in [-0.05, 0) is 31.4 Å². The van der Waals surface area contributed by atoms with Crippen LogP contribution < -0.4 is 10.2 Å². The molecule has 150 valence electrons. The summed E-state index contributed by atoms with van der Waals surface area (Å²) in [6.45, 7) is 0. The minimum absolute atomic E-state index is 0.0761. The molecule has 4 atom stereocenters. The number of halogens is 1. The van der Waals surface area contributed by atoms with Crippen LogP contribution in [0.1, 0.15) is 19.3 Å². The van der Waals surface area contributed by atoms with Gasteiger partial charge in [-0.3, -0.25) is 0 Å². The molecule has 9 heteroatoms. The van der Waals surface area contributed by atoms with Crippen molar-refractivity contribution in [3.63, 3.8) is 0 Å². The van der Waals surface area contributed by atoms with Crippen LogP contribution in [0.25, 0.3) is 16.9 Å². The number of nitrogens with zero attached hydrogens (tertiary/aromatic N) is 6. The monoisotopic (exact) mass is 395 g/mol. The van der Waals surface area contributed by atoms with Crippen LogP contribution in [0.3, 0.4) is 0 Å². The Hall–Kier alpha value is -3.07. The maximum atomic E-state index is 14.8. The number of phenols is 1. The second-order valence-corrected chi connectivity index (χ2v) is 7.72. The Kier molecular flexibility index (Phi) is 4.39. The lowest BCUT2D eigenvalue weighted by Gasteiger charge is -2.38. The summed E-state index contributed by atoms with van der Waals surface area (Å²) < 4.78 is 16.6. The Morgan fingerprint density at radius 3 is 2.90 bits per heavy atom. The number of phenolic OH excluding ortho intramolecular Hbond substituents is 1. The van der Waals surface area contributed by atoms with E-state index in [4.69, 9.17) is 0 Å². The predicted octanol–water partition coefficient (Wildman–Crippen LogP) is 2.10. The first kappa shape index (κ1) is 18.0. The number of hydrogen-bond acceptors (Lipinski definition) is 7. The highest BCUT2D eigenvalue weighted by Gasteiger charge is 2.44. The van der Waals surface area contributed by atoms with E-state index >= 15 is 0 Å². The Morgan fingerprint density at radius 1 is 1.28 bits per heavy atom. The second-order valence-electron chi connectivity index (χ2n) is 7.72. The maximum absolute atomic E-state index is 14.8. The fourth-order valence-electron chi connectivity index (χ4n) is 4.36. The molecule has 0 aliphatic carbocycles. The molecule has 3 aromatic rings. The van der Waals surface area contributed by atoms with Crippen LogP contribution >= 0.6 is 0 Å². The fourth-order valence-corrected chi connectivity index (χ4v) is 4.36. The van der Waals surface area contributed by atoms with Gasteiger partial charge in [-0.25, -0.2) is 14.4 Å². The smallest absolute Gasteiger partial charge is 0.245 e. The Balaban J connectivity index is 1.36. The average molecular weight is 395 g/mol. The number of anilines is 1. The van der Waals surface area contributed by atoms with E-state index < -0.39 is 6.17 Å². The van der Waals surface area contributed by atoms with Crippen LogP contribution in [0.5, 0.6) is 5.75 Å². The molecule has 2 fully saturated rings. The van der Waals surface area contributed by atoms with E-state index in [1.165, 1.54) is 0 Å². The third-order valence-corrected chi connectivity index (χ3v) is 5.98. The van der Waals surface area contributed by atoms with Gasteiger partial charge in [0.05, 0.1) is 24.3 Å². The molecule has 0 amide bonds. The lowest BCUT2D eigenvalue weighted by molar-refractivity contribution is 0.175. The predicted molar refractivity (Wildman–Crippen MR) is 106 cm³/mol. The number of piperidine rings is 1. The van der Waals surface area contributed by atoms with Gasteiger partial charge in [0.25, 0.3) is 0 Å². The van der Waals surface area contributed by atoms with Crippen molar-refractivity contribution in [1.29, 1.82) is 0 Å². The van der Waals surface area contributed by atoms with Gasteiger partial charge in [0.1, 0.15) is 17.6 Å². The highest BCUT2D eigenvalue weighted by molar-refractivity contribution is 5.68. The second kappa shape index (κ2) is 7.07. The van der Waals surface area contributed by atoms with Crippen molar-refractivity contribution in [3.05, 3.63) is 43.1 Å². The summed E-state index contributed by atoms with van der Waals surface area (Å²) >= 11 is 0. The van der Waals surface area contributed by atoms with Gasteiger partial charge in [0.2, 0.25) is 5.95 Å². The quantitative estimate of drug-likeness (QED) is 0.699. The van der Waals surface area contributed by atoms with Crippen molar-refractivity contribution in [3.8, 4) is 22.7 Å². The van der Waals surface area contributed by atoms with Gasteiger partial charge < -0.3 is 19.9 Å². The SMILES string of the molecule is CN(c1ncc(-c2ccc(-n3ccnc3)cc2O)nn1)[C@H]1C[C@@H]2CCC(N2)[C@H]1F. The summed E-state index contributed by atoms with van der Waals surface area (Å²) in [5.41, 5.74) is 1.78. The first-order valence-corrected chi connectivity index (χ1v) is 9.74. The highest BCUT2D eigenvalue weighted by Crippen LogP contribution is 2.33. The molecule has 0 radical (unpaired) electrons. The molecule has 5 rings (SSSR count). The first-order valence-electron chi connectivity index (χ1n) is 9.74. The number of hydrogen-bond donors (Lipinski definition) is 2. The molecule has 2 N–H and O–H groups in total. The molecule has 2 aliphatic rings. The van der Waals surface area contributed by atoms with Crippen molar-refractivity contribution in [1.82, 2.24) is 30.0 Å². The fraction of sp³-hybridized carbons (Fsp3) is 0.400. The number of imidazole rings is 1. The maximum Gasteiger partial charge on any atom is 0.245 e. The topological polar surface area (TPSA) is 92.0 Å². The minimum Gasteiger partial charge on any atom is -0.507 e. The third kappa shape index (κ3) is 3.21. The van der Waals surface area contributed by atoms with Crippen LogP contribution in [-0.2, 0) is 0 Å². The molecule has 0 spiro atoms. The van der Waals surface area contributed by atoms with Crippen molar-refractivity contribution < 1.29 is 9.50 Å². The van der Waals surface area contributed by atoms with Gasteiger partial charge in [0, 0.05) is 43.2 Å². The molecule has 4 heterocycles. The van der Waals surface area contributed by atoms with Crippen molar-refractivity contribution in [2.75, 3.05) is 11.9 Å². The number of fused-ring (bicyclic) bond motifs is 2. The molecule has 8 nitrogen and oxygen atoms in total. The number of aromatic hydroxyl groups is 1. The van der Waals surface area contributed by atoms with E-state index in [2.05, 4.69) is 25.5 Å². The zero-order valence-electron chi connectivity index (χ0n) is 16.0. The van der Waals surface area contributed by atoms with E-state index in [-0.39, 0.29) is 17.8 Å². The van der Waals surface area contributed by atoms with Crippen LogP contribution in [0.4, 0.5) is 10.3 Å². The largest absolute Gasteiger partial charge is 0.507 e. The lowest BCUT2D eigenvalue weighted by Crippen LogP contribution is -2.55. The molecule has 2 aromatic heterocycles. The van der Waals surface area contributed by atoms with Crippen molar-refractivity contribution in [2.45, 2.75) is 43.6 Å².